The van der Waals surface area contributed by atoms with E-state index in [-0.39, 0.29) is 5.56 Å². The van der Waals surface area contributed by atoms with E-state index in [2.05, 4.69) is 6.58 Å². The van der Waals surface area contributed by atoms with Gasteiger partial charge in [-0.2, -0.15) is 0 Å². The summed E-state index contributed by atoms with van der Waals surface area (Å²) in [5, 5.41) is 10.9. The number of aliphatic hydroxyl groups excluding tert-OH is 1. The number of aryl methyl sites for hydroxylation is 1. The normalized spacial score (nSPS) is 21.2. The highest BCUT2D eigenvalue weighted by Gasteiger charge is 2.38. The Bertz CT molecular complexity index is 742. The van der Waals surface area contributed by atoms with Crippen LogP contribution in [0.15, 0.2) is 39.6 Å². The average Bonchev–Trinajstić information content (AvgIpc) is 2.68. The number of ether oxygens (including phenoxy) is 1. The lowest BCUT2D eigenvalue weighted by molar-refractivity contribution is 0.0894. The summed E-state index contributed by atoms with van der Waals surface area (Å²) in [7, 11) is 0. The van der Waals surface area contributed by atoms with Crippen molar-refractivity contribution in [3.63, 3.8) is 0 Å². The van der Waals surface area contributed by atoms with Crippen LogP contribution >= 0.6 is 0 Å². The Hall–Kier alpha value is -2.07. The zero-order valence-corrected chi connectivity index (χ0v) is 10.8. The van der Waals surface area contributed by atoms with Crippen molar-refractivity contribution < 1.29 is 14.3 Å². The first-order valence-electron chi connectivity index (χ1n) is 6.07. The Morgan fingerprint density at radius 3 is 2.84 bits per heavy atom. The van der Waals surface area contributed by atoms with Gasteiger partial charge >= 0.3 is 5.63 Å². The lowest BCUT2D eigenvalue weighted by Crippen LogP contribution is -2.21. The van der Waals surface area contributed by atoms with Crippen molar-refractivity contribution in [2.45, 2.75) is 26.1 Å². The van der Waals surface area contributed by atoms with Gasteiger partial charge in [-0.1, -0.05) is 18.7 Å². The highest BCUT2D eigenvalue weighted by molar-refractivity contribution is 5.88. The van der Waals surface area contributed by atoms with Crippen molar-refractivity contribution in [1.82, 2.24) is 0 Å². The highest BCUT2D eigenvalue weighted by Crippen LogP contribution is 2.42. The molecule has 1 aliphatic rings. The first kappa shape index (κ1) is 12.0. The zero-order chi connectivity index (χ0) is 13.7. The van der Waals surface area contributed by atoms with Crippen LogP contribution in [0.2, 0.25) is 0 Å². The first-order valence-corrected chi connectivity index (χ1v) is 6.07. The molecule has 19 heavy (non-hydrogen) atoms. The van der Waals surface area contributed by atoms with Crippen LogP contribution in [0, 0.1) is 6.92 Å². The molecule has 2 heterocycles. The van der Waals surface area contributed by atoms with E-state index in [1.807, 2.05) is 19.1 Å². The van der Waals surface area contributed by atoms with E-state index in [0.29, 0.717) is 16.9 Å². The lowest BCUT2D eigenvalue weighted by Gasteiger charge is -2.13. The van der Waals surface area contributed by atoms with Crippen molar-refractivity contribution in [3.05, 3.63) is 51.9 Å². The van der Waals surface area contributed by atoms with Gasteiger partial charge in [-0.3, -0.25) is 0 Å². The van der Waals surface area contributed by atoms with Gasteiger partial charge in [0.15, 0.2) is 0 Å². The Morgan fingerprint density at radius 2 is 2.16 bits per heavy atom. The summed E-state index contributed by atoms with van der Waals surface area (Å²) in [6, 6.07) is 5.44. The van der Waals surface area contributed by atoms with E-state index < -0.39 is 17.8 Å². The van der Waals surface area contributed by atoms with Crippen molar-refractivity contribution in [2.24, 2.45) is 0 Å². The molecule has 0 amide bonds. The zero-order valence-electron chi connectivity index (χ0n) is 10.8. The number of aliphatic hydroxyl groups is 1. The van der Waals surface area contributed by atoms with E-state index in [9.17, 15) is 9.90 Å². The number of rotatable bonds is 1. The molecule has 98 valence electrons. The molecule has 1 aromatic heterocycles. The standard InChI is InChI=1S/C15H14O4/c1-7(2)13-12(16)11-14(19-13)10-8(3)5-4-6-9(10)18-15(11)17/h4-6,12-13,16H,1H2,2-3H3. The number of fused-ring (bicyclic) bond motifs is 3. The molecule has 0 fully saturated rings. The minimum absolute atomic E-state index is 0.190. The second kappa shape index (κ2) is 3.96. The first-order chi connectivity index (χ1) is 9.00. The maximum absolute atomic E-state index is 12.0. The van der Waals surface area contributed by atoms with Crippen molar-refractivity contribution >= 4 is 11.0 Å². The summed E-state index contributed by atoms with van der Waals surface area (Å²) in [4.78, 5) is 12.0. The van der Waals surface area contributed by atoms with Gasteiger partial charge in [-0.05, 0) is 31.1 Å². The molecule has 2 aromatic rings. The molecule has 1 N–H and O–H groups in total. The molecule has 0 saturated heterocycles. The van der Waals surface area contributed by atoms with Crippen LogP contribution in [0.5, 0.6) is 5.75 Å². The summed E-state index contributed by atoms with van der Waals surface area (Å²) in [6.07, 6.45) is -1.61. The molecular weight excluding hydrogens is 244 g/mol. The third kappa shape index (κ3) is 1.60. The van der Waals surface area contributed by atoms with Crippen molar-refractivity contribution in [2.75, 3.05) is 0 Å². The molecule has 0 radical (unpaired) electrons. The quantitative estimate of drug-likeness (QED) is 0.630. The molecule has 0 aliphatic carbocycles. The fraction of sp³-hybridized carbons (Fsp3) is 0.267. The van der Waals surface area contributed by atoms with E-state index >= 15 is 0 Å². The monoisotopic (exact) mass is 258 g/mol. The summed E-state index contributed by atoms with van der Waals surface area (Å²) >= 11 is 0. The van der Waals surface area contributed by atoms with Gasteiger partial charge in [0.2, 0.25) is 0 Å². The minimum Gasteiger partial charge on any atom is -0.482 e. The predicted molar refractivity (Wildman–Crippen MR) is 71.4 cm³/mol. The summed E-state index contributed by atoms with van der Waals surface area (Å²) in [5.41, 5.74) is 1.72. The Kier molecular flexibility index (Phi) is 2.50. The third-order valence-electron chi connectivity index (χ3n) is 3.44. The molecule has 1 aromatic carbocycles. The largest absolute Gasteiger partial charge is 0.482 e. The molecule has 0 saturated carbocycles. The van der Waals surface area contributed by atoms with Crippen LogP contribution in [0.4, 0.5) is 0 Å². The van der Waals surface area contributed by atoms with Crippen LogP contribution in [0.1, 0.15) is 24.2 Å². The molecule has 2 unspecified atom stereocenters. The SMILES string of the molecule is C=C(C)C1Oc2c(c(=O)oc3cccc(C)c23)C1O. The smallest absolute Gasteiger partial charge is 0.346 e. The van der Waals surface area contributed by atoms with Gasteiger partial charge in [-0.25, -0.2) is 4.79 Å². The van der Waals surface area contributed by atoms with Gasteiger partial charge in [-0.15, -0.1) is 0 Å². The molecule has 4 nitrogen and oxygen atoms in total. The van der Waals surface area contributed by atoms with E-state index in [1.54, 1.807) is 13.0 Å². The molecule has 0 bridgehead atoms. The van der Waals surface area contributed by atoms with Crippen LogP contribution in [0.3, 0.4) is 0 Å². The molecule has 2 atom stereocenters. The fourth-order valence-corrected chi connectivity index (χ4v) is 2.49. The maximum Gasteiger partial charge on any atom is 0.346 e. The average molecular weight is 258 g/mol. The van der Waals surface area contributed by atoms with Crippen LogP contribution in [-0.2, 0) is 0 Å². The van der Waals surface area contributed by atoms with Crippen LogP contribution < -0.4 is 10.4 Å². The summed E-state index contributed by atoms with van der Waals surface area (Å²) < 4.78 is 11.0. The van der Waals surface area contributed by atoms with Crippen LogP contribution in [-0.4, -0.2) is 11.2 Å². The molecule has 1 aliphatic heterocycles. The van der Waals surface area contributed by atoms with Gasteiger partial charge in [0.25, 0.3) is 0 Å². The Labute approximate surface area is 109 Å². The Morgan fingerprint density at radius 1 is 1.42 bits per heavy atom. The van der Waals surface area contributed by atoms with Gasteiger partial charge in [0.1, 0.15) is 29.1 Å². The number of hydrogen-bond donors (Lipinski definition) is 1. The van der Waals surface area contributed by atoms with E-state index in [0.717, 1.165) is 10.9 Å². The second-order valence-corrected chi connectivity index (χ2v) is 4.91. The highest BCUT2D eigenvalue weighted by atomic mass is 16.5. The lowest BCUT2D eigenvalue weighted by atomic mass is 10.0. The minimum atomic E-state index is -1.02. The molecule has 3 rings (SSSR count). The number of benzene rings is 1. The number of hydrogen-bond acceptors (Lipinski definition) is 4. The van der Waals surface area contributed by atoms with Gasteiger partial charge in [0.05, 0.1) is 5.39 Å². The Balaban J connectivity index is 2.37. The molecule has 0 spiro atoms. The predicted octanol–water partition coefficient (Wildman–Crippen LogP) is 2.47. The molecule has 4 heteroatoms. The summed E-state index contributed by atoms with van der Waals surface area (Å²) in [5.74, 6) is 0.421. The van der Waals surface area contributed by atoms with E-state index in [4.69, 9.17) is 9.15 Å². The van der Waals surface area contributed by atoms with Crippen molar-refractivity contribution in [1.29, 1.82) is 0 Å². The van der Waals surface area contributed by atoms with Crippen LogP contribution in [0.25, 0.3) is 11.0 Å². The molecular formula is C15H14O4. The fourth-order valence-electron chi connectivity index (χ4n) is 2.49. The van der Waals surface area contributed by atoms with Gasteiger partial charge < -0.3 is 14.3 Å². The van der Waals surface area contributed by atoms with E-state index in [1.165, 1.54) is 0 Å². The second-order valence-electron chi connectivity index (χ2n) is 4.91. The van der Waals surface area contributed by atoms with Gasteiger partial charge in [0, 0.05) is 0 Å². The maximum atomic E-state index is 12.0. The summed E-state index contributed by atoms with van der Waals surface area (Å²) in [6.45, 7) is 7.45. The third-order valence-corrected chi connectivity index (χ3v) is 3.44. The topological polar surface area (TPSA) is 59.7 Å². The van der Waals surface area contributed by atoms with Crippen molar-refractivity contribution in [3.8, 4) is 5.75 Å².